The van der Waals surface area contributed by atoms with E-state index < -0.39 is 0 Å². The molecule has 1 rings (SSSR count). The molecule has 0 saturated carbocycles. The Morgan fingerprint density at radius 2 is 2.29 bits per heavy atom. The van der Waals surface area contributed by atoms with Crippen molar-refractivity contribution in [3.8, 4) is 11.8 Å². The first-order valence-electron chi connectivity index (χ1n) is 4.54. The maximum absolute atomic E-state index is 5.82. The topological polar surface area (TPSA) is 12.4 Å². The van der Waals surface area contributed by atoms with E-state index in [1.807, 2.05) is 31.2 Å². The highest BCUT2D eigenvalue weighted by Gasteiger charge is 1.87. The lowest BCUT2D eigenvalue weighted by atomic mass is 10.2. The van der Waals surface area contributed by atoms with Gasteiger partial charge >= 0.3 is 0 Å². The summed E-state index contributed by atoms with van der Waals surface area (Å²) in [6.45, 7) is 2.58. The van der Waals surface area contributed by atoms with Crippen LogP contribution in [-0.2, 0) is 0 Å². The third kappa shape index (κ3) is 4.11. The van der Waals surface area contributed by atoms with E-state index >= 15 is 0 Å². The molecule has 0 radical (unpaired) electrons. The number of nitrogens with zero attached hydrogens (tertiary/aromatic N) is 1. The minimum atomic E-state index is 0.556. The third-order valence-corrected chi connectivity index (χ3v) is 1.80. The molecule has 72 valence electrons. The molecule has 0 fully saturated rings. The van der Waals surface area contributed by atoms with E-state index in [1.165, 1.54) is 0 Å². The molecule has 1 nitrogen and oxygen atoms in total. The van der Waals surface area contributed by atoms with Gasteiger partial charge in [0.05, 0.1) is 6.54 Å². The molecule has 0 amide bonds. The number of hydrogen-bond donors (Lipinski definition) is 0. The summed E-state index contributed by atoms with van der Waals surface area (Å²) >= 11 is 5.82. The van der Waals surface area contributed by atoms with Crippen LogP contribution in [0.15, 0.2) is 29.3 Å². The molecule has 0 heterocycles. The second-order valence-electron chi connectivity index (χ2n) is 2.73. The zero-order valence-corrected chi connectivity index (χ0v) is 8.88. The summed E-state index contributed by atoms with van der Waals surface area (Å²) < 4.78 is 0. The molecule has 0 unspecified atom stereocenters. The van der Waals surface area contributed by atoms with Crippen LogP contribution in [0.1, 0.15) is 18.9 Å². The standard InChI is InChI=1S/C12H12ClN/c1-2-3-4-8-14-10-11-6-5-7-12(13)9-11/h5-7,9-10H,2,8H2,1H3. The number of benzene rings is 1. The fraction of sp³-hybridized carbons (Fsp3) is 0.250. The fourth-order valence-electron chi connectivity index (χ4n) is 0.964. The summed E-state index contributed by atoms with van der Waals surface area (Å²) in [5, 5.41) is 0.730. The van der Waals surface area contributed by atoms with Crippen LogP contribution < -0.4 is 0 Å². The highest BCUT2D eigenvalue weighted by Crippen LogP contribution is 2.08. The van der Waals surface area contributed by atoms with Gasteiger partial charge in [0.1, 0.15) is 0 Å². The van der Waals surface area contributed by atoms with E-state index in [0.717, 1.165) is 17.0 Å². The normalized spacial score (nSPS) is 9.86. The van der Waals surface area contributed by atoms with Gasteiger partial charge in [-0.3, -0.25) is 4.99 Å². The van der Waals surface area contributed by atoms with E-state index in [4.69, 9.17) is 11.6 Å². The molecule has 0 aliphatic rings. The monoisotopic (exact) mass is 205 g/mol. The zero-order valence-electron chi connectivity index (χ0n) is 8.13. The highest BCUT2D eigenvalue weighted by molar-refractivity contribution is 6.30. The number of hydrogen-bond acceptors (Lipinski definition) is 1. The number of rotatable bonds is 2. The summed E-state index contributed by atoms with van der Waals surface area (Å²) in [6.07, 6.45) is 2.67. The van der Waals surface area contributed by atoms with E-state index in [0.29, 0.717) is 6.54 Å². The Balaban J connectivity index is 2.52. The lowest BCUT2D eigenvalue weighted by Gasteiger charge is -1.92. The van der Waals surface area contributed by atoms with Crippen molar-refractivity contribution in [1.29, 1.82) is 0 Å². The molecular formula is C12H12ClN. The average Bonchev–Trinajstić information content (AvgIpc) is 2.18. The van der Waals surface area contributed by atoms with Crippen LogP contribution in [0.3, 0.4) is 0 Å². The first-order chi connectivity index (χ1) is 6.83. The van der Waals surface area contributed by atoms with Crippen LogP contribution in [-0.4, -0.2) is 12.8 Å². The van der Waals surface area contributed by atoms with Crippen LogP contribution in [0.4, 0.5) is 0 Å². The van der Waals surface area contributed by atoms with Gasteiger partial charge in [0.2, 0.25) is 0 Å². The molecule has 0 aliphatic carbocycles. The van der Waals surface area contributed by atoms with Crippen molar-refractivity contribution in [1.82, 2.24) is 0 Å². The van der Waals surface area contributed by atoms with Crippen molar-refractivity contribution in [2.45, 2.75) is 13.3 Å². The van der Waals surface area contributed by atoms with Gasteiger partial charge in [0, 0.05) is 17.7 Å². The minimum absolute atomic E-state index is 0.556. The Morgan fingerprint density at radius 1 is 1.43 bits per heavy atom. The lowest BCUT2D eigenvalue weighted by molar-refractivity contribution is 1.25. The second kappa shape index (κ2) is 6.23. The van der Waals surface area contributed by atoms with Crippen molar-refractivity contribution in [3.05, 3.63) is 34.9 Å². The molecule has 1 aromatic carbocycles. The first kappa shape index (κ1) is 10.8. The summed E-state index contributed by atoms with van der Waals surface area (Å²) in [5.74, 6) is 5.90. The Morgan fingerprint density at radius 3 is 3.00 bits per heavy atom. The van der Waals surface area contributed by atoms with Crippen molar-refractivity contribution >= 4 is 17.8 Å². The van der Waals surface area contributed by atoms with Gasteiger partial charge in [-0.2, -0.15) is 0 Å². The van der Waals surface area contributed by atoms with Crippen LogP contribution >= 0.6 is 11.6 Å². The molecule has 0 bridgehead atoms. The molecule has 14 heavy (non-hydrogen) atoms. The highest BCUT2D eigenvalue weighted by atomic mass is 35.5. The third-order valence-electron chi connectivity index (χ3n) is 1.56. The van der Waals surface area contributed by atoms with Gasteiger partial charge in [0.15, 0.2) is 0 Å². The molecule has 0 aliphatic heterocycles. The summed E-state index contributed by atoms with van der Waals surface area (Å²) in [4.78, 5) is 4.16. The zero-order chi connectivity index (χ0) is 10.2. The van der Waals surface area contributed by atoms with Gasteiger partial charge in [-0.1, -0.05) is 36.6 Å². The van der Waals surface area contributed by atoms with Gasteiger partial charge in [-0.25, -0.2) is 0 Å². The van der Waals surface area contributed by atoms with Crippen LogP contribution in [0, 0.1) is 11.8 Å². The predicted octanol–water partition coefficient (Wildman–Crippen LogP) is 3.17. The molecule has 1 aromatic rings. The Bertz CT molecular complexity index is 371. The van der Waals surface area contributed by atoms with Gasteiger partial charge in [-0.05, 0) is 17.7 Å². The summed E-state index contributed by atoms with van der Waals surface area (Å²) in [7, 11) is 0. The maximum Gasteiger partial charge on any atom is 0.0997 e. The van der Waals surface area contributed by atoms with Crippen molar-refractivity contribution in [2.75, 3.05) is 6.54 Å². The molecular weight excluding hydrogens is 194 g/mol. The van der Waals surface area contributed by atoms with Crippen LogP contribution in [0.2, 0.25) is 5.02 Å². The molecule has 0 aromatic heterocycles. The first-order valence-corrected chi connectivity index (χ1v) is 4.92. The fourth-order valence-corrected chi connectivity index (χ4v) is 1.16. The SMILES string of the molecule is CCC#CCN=Cc1cccc(Cl)c1. The van der Waals surface area contributed by atoms with Gasteiger partial charge < -0.3 is 0 Å². The predicted molar refractivity (Wildman–Crippen MR) is 62.0 cm³/mol. The van der Waals surface area contributed by atoms with Crippen molar-refractivity contribution in [3.63, 3.8) is 0 Å². The molecule has 0 saturated heterocycles. The quantitative estimate of drug-likeness (QED) is 0.520. The second-order valence-corrected chi connectivity index (χ2v) is 3.17. The van der Waals surface area contributed by atoms with Crippen LogP contribution in [0.25, 0.3) is 0 Å². The molecule has 2 heteroatoms. The van der Waals surface area contributed by atoms with E-state index in [-0.39, 0.29) is 0 Å². The largest absolute Gasteiger partial charge is 0.280 e. The van der Waals surface area contributed by atoms with E-state index in [2.05, 4.69) is 16.8 Å². The van der Waals surface area contributed by atoms with E-state index in [1.54, 1.807) is 6.21 Å². The number of halogens is 1. The van der Waals surface area contributed by atoms with Crippen molar-refractivity contribution in [2.24, 2.45) is 4.99 Å². The summed E-state index contributed by atoms with van der Waals surface area (Å²) in [6, 6.07) is 7.58. The van der Waals surface area contributed by atoms with Crippen molar-refractivity contribution < 1.29 is 0 Å². The molecule has 0 atom stereocenters. The maximum atomic E-state index is 5.82. The molecule has 0 spiro atoms. The average molecular weight is 206 g/mol. The Hall–Kier alpha value is -1.26. The molecule has 0 N–H and O–H groups in total. The number of aliphatic imine (C=N–C) groups is 1. The van der Waals surface area contributed by atoms with Gasteiger partial charge in [0.25, 0.3) is 0 Å². The summed E-state index contributed by atoms with van der Waals surface area (Å²) in [5.41, 5.74) is 1.01. The lowest BCUT2D eigenvalue weighted by Crippen LogP contribution is -1.81. The smallest absolute Gasteiger partial charge is 0.0997 e. The van der Waals surface area contributed by atoms with Crippen LogP contribution in [0.5, 0.6) is 0 Å². The minimum Gasteiger partial charge on any atom is -0.280 e. The van der Waals surface area contributed by atoms with Gasteiger partial charge in [-0.15, -0.1) is 5.92 Å². The Labute approximate surface area is 89.8 Å². The van der Waals surface area contributed by atoms with E-state index in [9.17, 15) is 0 Å². The Kier molecular flexibility index (Phi) is 4.82.